The first-order valence-corrected chi connectivity index (χ1v) is 12.6. The molecular weight excluding hydrogens is 446 g/mol. The van der Waals surface area contributed by atoms with Crippen molar-refractivity contribution in [2.75, 3.05) is 5.32 Å². The van der Waals surface area contributed by atoms with E-state index in [4.69, 9.17) is 9.66 Å². The van der Waals surface area contributed by atoms with Crippen molar-refractivity contribution in [1.82, 2.24) is 15.5 Å². The number of anilines is 1. The van der Waals surface area contributed by atoms with Gasteiger partial charge >= 0.3 is 0 Å². The Morgan fingerprint density at radius 2 is 1.82 bits per heavy atom. The first-order chi connectivity index (χ1) is 15.5. The third-order valence-corrected chi connectivity index (χ3v) is 6.97. The van der Waals surface area contributed by atoms with Crippen LogP contribution in [0, 0.1) is 13.8 Å². The molecule has 11 heteroatoms. The third-order valence-electron chi connectivity index (χ3n) is 6.08. The van der Waals surface area contributed by atoms with Gasteiger partial charge in [-0.15, -0.1) is 0 Å². The zero-order valence-corrected chi connectivity index (χ0v) is 20.0. The van der Waals surface area contributed by atoms with E-state index < -0.39 is 15.6 Å². The van der Waals surface area contributed by atoms with Gasteiger partial charge in [0.15, 0.2) is 5.82 Å². The lowest BCUT2D eigenvalue weighted by molar-refractivity contribution is -0.121. The summed E-state index contributed by atoms with van der Waals surface area (Å²) in [6.07, 6.45) is 5.87. The van der Waals surface area contributed by atoms with Gasteiger partial charge in [-0.1, -0.05) is 30.8 Å². The molecule has 0 bridgehead atoms. The molecule has 180 valence electrons. The SMILES string of the molecule is CC(=O)NC1(c2noc(CCC(=O)Nc3cc(S(N)(=O)=O)cc(C)c3C)n2)CCCCCC1. The van der Waals surface area contributed by atoms with Crippen molar-refractivity contribution in [3.8, 4) is 0 Å². The van der Waals surface area contributed by atoms with Crippen LogP contribution < -0.4 is 15.8 Å². The van der Waals surface area contributed by atoms with Crippen LogP contribution in [0.2, 0.25) is 0 Å². The van der Waals surface area contributed by atoms with Gasteiger partial charge in [0.1, 0.15) is 5.54 Å². The van der Waals surface area contributed by atoms with Gasteiger partial charge in [-0.05, 0) is 49.9 Å². The fourth-order valence-electron chi connectivity index (χ4n) is 4.18. The summed E-state index contributed by atoms with van der Waals surface area (Å²) >= 11 is 0. The van der Waals surface area contributed by atoms with E-state index in [1.54, 1.807) is 13.8 Å². The van der Waals surface area contributed by atoms with E-state index in [0.717, 1.165) is 44.1 Å². The molecule has 0 unspecified atom stereocenters. The van der Waals surface area contributed by atoms with Crippen molar-refractivity contribution in [1.29, 1.82) is 0 Å². The highest BCUT2D eigenvalue weighted by molar-refractivity contribution is 7.89. The number of aryl methyl sites for hydroxylation is 2. The van der Waals surface area contributed by atoms with Gasteiger partial charge in [0.25, 0.3) is 0 Å². The molecule has 0 saturated heterocycles. The van der Waals surface area contributed by atoms with Gasteiger partial charge in [-0.25, -0.2) is 13.6 Å². The number of nitrogens with one attached hydrogen (secondary N) is 2. The Morgan fingerprint density at radius 1 is 1.15 bits per heavy atom. The normalized spacial score (nSPS) is 16.1. The molecule has 3 rings (SSSR count). The largest absolute Gasteiger partial charge is 0.343 e. The van der Waals surface area contributed by atoms with E-state index >= 15 is 0 Å². The molecule has 1 aliphatic rings. The number of amides is 2. The molecule has 1 saturated carbocycles. The van der Waals surface area contributed by atoms with E-state index in [2.05, 4.69) is 20.8 Å². The second-order valence-corrected chi connectivity index (χ2v) is 10.3. The molecular formula is C22H31N5O5S. The predicted octanol–water partition coefficient (Wildman–Crippen LogP) is 2.59. The molecule has 1 fully saturated rings. The Balaban J connectivity index is 1.70. The van der Waals surface area contributed by atoms with Gasteiger partial charge < -0.3 is 15.2 Å². The molecule has 0 atom stereocenters. The molecule has 1 aliphatic carbocycles. The molecule has 4 N–H and O–H groups in total. The summed E-state index contributed by atoms with van der Waals surface area (Å²) < 4.78 is 28.8. The highest BCUT2D eigenvalue weighted by Crippen LogP contribution is 2.34. The molecule has 0 aliphatic heterocycles. The average Bonchev–Trinajstić information content (AvgIpc) is 3.09. The van der Waals surface area contributed by atoms with E-state index in [1.807, 2.05) is 0 Å². The molecule has 10 nitrogen and oxygen atoms in total. The maximum Gasteiger partial charge on any atom is 0.238 e. The Hall–Kier alpha value is -2.79. The predicted molar refractivity (Wildman–Crippen MR) is 122 cm³/mol. The number of nitrogens with zero attached hydrogens (tertiary/aromatic N) is 2. The van der Waals surface area contributed by atoms with Crippen molar-refractivity contribution in [3.05, 3.63) is 35.0 Å². The molecule has 0 spiro atoms. The van der Waals surface area contributed by atoms with Crippen LogP contribution in [0.15, 0.2) is 21.6 Å². The minimum Gasteiger partial charge on any atom is -0.343 e. The molecule has 1 aromatic heterocycles. The fourth-order valence-corrected chi connectivity index (χ4v) is 4.80. The van der Waals surface area contributed by atoms with Crippen LogP contribution >= 0.6 is 0 Å². The Labute approximate surface area is 193 Å². The van der Waals surface area contributed by atoms with Crippen LogP contribution in [0.1, 0.15) is 74.7 Å². The Morgan fingerprint density at radius 3 is 2.42 bits per heavy atom. The lowest BCUT2D eigenvalue weighted by Gasteiger charge is -2.30. The van der Waals surface area contributed by atoms with Crippen molar-refractivity contribution in [3.63, 3.8) is 0 Å². The number of rotatable bonds is 7. The number of carbonyl (C=O) groups is 2. The zero-order chi connectivity index (χ0) is 24.2. The first kappa shape index (κ1) is 24.8. The number of carbonyl (C=O) groups excluding carboxylic acids is 2. The van der Waals surface area contributed by atoms with E-state index in [9.17, 15) is 18.0 Å². The second-order valence-electron chi connectivity index (χ2n) is 8.70. The van der Waals surface area contributed by atoms with Crippen LogP contribution in [-0.2, 0) is 31.6 Å². The van der Waals surface area contributed by atoms with E-state index in [1.165, 1.54) is 19.1 Å². The van der Waals surface area contributed by atoms with Crippen LogP contribution in [0.25, 0.3) is 0 Å². The van der Waals surface area contributed by atoms with Crippen LogP contribution in [-0.4, -0.2) is 30.4 Å². The summed E-state index contributed by atoms with van der Waals surface area (Å²) in [6.45, 7) is 5.01. The molecule has 0 radical (unpaired) electrons. The van der Waals surface area contributed by atoms with Crippen LogP contribution in [0.5, 0.6) is 0 Å². The first-order valence-electron chi connectivity index (χ1n) is 11.1. The maximum absolute atomic E-state index is 12.5. The molecule has 1 aromatic carbocycles. The van der Waals surface area contributed by atoms with Gasteiger partial charge in [-0.3, -0.25) is 9.59 Å². The lowest BCUT2D eigenvalue weighted by atomic mass is 9.89. The molecule has 33 heavy (non-hydrogen) atoms. The summed E-state index contributed by atoms with van der Waals surface area (Å²) in [5.74, 6) is 0.285. The number of sulfonamides is 1. The van der Waals surface area contributed by atoms with Crippen LogP contribution in [0.4, 0.5) is 5.69 Å². The minimum atomic E-state index is -3.90. The molecule has 2 aromatic rings. The summed E-state index contributed by atoms with van der Waals surface area (Å²) in [4.78, 5) is 28.8. The smallest absolute Gasteiger partial charge is 0.238 e. The topological polar surface area (TPSA) is 157 Å². The fraction of sp³-hybridized carbons (Fsp3) is 0.545. The standard InChI is InChI=1S/C22H31N5O5S/c1-14-12-17(33(23,30)31)13-18(15(14)2)24-19(29)8-9-20-25-21(27-32-20)22(26-16(3)28)10-6-4-5-7-11-22/h12-13H,4-11H2,1-3H3,(H,24,29)(H,26,28)(H2,23,30,31). The van der Waals surface area contributed by atoms with Gasteiger partial charge in [0.2, 0.25) is 27.7 Å². The maximum atomic E-state index is 12.5. The number of primary sulfonamides is 1. The number of hydrogen-bond donors (Lipinski definition) is 3. The van der Waals surface area contributed by atoms with Gasteiger partial charge in [0.05, 0.1) is 4.90 Å². The number of nitrogens with two attached hydrogens (primary N) is 1. The molecule has 1 heterocycles. The Bertz CT molecular complexity index is 1130. The van der Waals surface area contributed by atoms with Crippen LogP contribution in [0.3, 0.4) is 0 Å². The van der Waals surface area contributed by atoms with Crippen molar-refractivity contribution >= 4 is 27.5 Å². The van der Waals surface area contributed by atoms with E-state index in [0.29, 0.717) is 23.0 Å². The van der Waals surface area contributed by atoms with Gasteiger partial charge in [-0.2, -0.15) is 4.98 Å². The van der Waals surface area contributed by atoms with Crippen molar-refractivity contribution < 1.29 is 22.5 Å². The average molecular weight is 478 g/mol. The highest BCUT2D eigenvalue weighted by atomic mass is 32.2. The molecule has 2 amide bonds. The quantitative estimate of drug-likeness (QED) is 0.517. The summed E-state index contributed by atoms with van der Waals surface area (Å²) in [5, 5.41) is 15.1. The van der Waals surface area contributed by atoms with Gasteiger partial charge in [0, 0.05) is 25.5 Å². The number of aromatic nitrogens is 2. The summed E-state index contributed by atoms with van der Waals surface area (Å²) in [6, 6.07) is 2.82. The second kappa shape index (κ2) is 10.0. The number of hydrogen-bond acceptors (Lipinski definition) is 7. The zero-order valence-electron chi connectivity index (χ0n) is 19.2. The highest BCUT2D eigenvalue weighted by Gasteiger charge is 2.38. The minimum absolute atomic E-state index is 0.0610. The summed E-state index contributed by atoms with van der Waals surface area (Å²) in [7, 11) is -3.90. The van der Waals surface area contributed by atoms with Crippen molar-refractivity contribution in [2.45, 2.75) is 82.6 Å². The van der Waals surface area contributed by atoms with E-state index in [-0.39, 0.29) is 29.6 Å². The number of benzene rings is 1. The summed E-state index contributed by atoms with van der Waals surface area (Å²) in [5.41, 5.74) is 1.19. The Kier molecular flexibility index (Phi) is 7.53. The third kappa shape index (κ3) is 6.17. The lowest BCUT2D eigenvalue weighted by Crippen LogP contribution is -2.45. The monoisotopic (exact) mass is 477 g/mol. The van der Waals surface area contributed by atoms with Crippen molar-refractivity contribution in [2.24, 2.45) is 5.14 Å².